The van der Waals surface area contributed by atoms with Gasteiger partial charge in [0.2, 0.25) is 26.6 Å². The minimum Gasteiger partial charge on any atom is -0.418 e. The number of rotatable bonds is 7. The zero-order valence-corrected chi connectivity index (χ0v) is 15.2. The fourth-order valence-corrected chi connectivity index (χ4v) is 4.14. The number of benzene rings is 1. The molecule has 0 atom stereocenters. The molecule has 0 spiro atoms. The van der Waals surface area contributed by atoms with E-state index >= 15 is 0 Å². The summed E-state index contributed by atoms with van der Waals surface area (Å²) in [5.74, 6) is -0.143. The zero-order valence-electron chi connectivity index (χ0n) is 13.5. The fraction of sp³-hybridized carbons (Fsp3) is 0.235. The van der Waals surface area contributed by atoms with Crippen LogP contribution in [0.25, 0.3) is 10.8 Å². The monoisotopic (exact) mass is 380 g/mol. The van der Waals surface area contributed by atoms with Gasteiger partial charge in [0.15, 0.2) is 0 Å². The number of nitrogens with one attached hydrogen (secondary N) is 1. The first-order chi connectivity index (χ1) is 12.0. The summed E-state index contributed by atoms with van der Waals surface area (Å²) < 4.78 is 44.6. The lowest BCUT2D eigenvalue weighted by Gasteiger charge is -2.05. The molecule has 5 nitrogen and oxygen atoms in total. The number of unbranched alkanes of at least 4 members (excludes halogenated alkanes) is 1. The molecule has 0 saturated carbocycles. The molecule has 2 heterocycles. The Bertz CT molecular complexity index is 933. The molecular formula is C17H17FN2O3S2. The molecule has 0 unspecified atom stereocenters. The Balaban J connectivity index is 2.04. The highest BCUT2D eigenvalue weighted by Gasteiger charge is 2.28. The molecule has 0 fully saturated rings. The Hall–Kier alpha value is -2.19. The Morgan fingerprint density at radius 3 is 2.64 bits per heavy atom. The van der Waals surface area contributed by atoms with Crippen LogP contribution >= 0.6 is 11.3 Å². The van der Waals surface area contributed by atoms with Crippen LogP contribution in [0.4, 0.5) is 10.3 Å². The quantitative estimate of drug-likeness (QED) is 0.479. The van der Waals surface area contributed by atoms with Crippen molar-refractivity contribution in [1.29, 1.82) is 0 Å². The van der Waals surface area contributed by atoms with E-state index in [-0.39, 0.29) is 21.7 Å². The average Bonchev–Trinajstić information content (AvgIpc) is 3.25. The van der Waals surface area contributed by atoms with Crippen molar-refractivity contribution in [1.82, 2.24) is 4.98 Å². The molecule has 132 valence electrons. The van der Waals surface area contributed by atoms with Crippen molar-refractivity contribution in [2.45, 2.75) is 29.7 Å². The van der Waals surface area contributed by atoms with Crippen LogP contribution in [-0.4, -0.2) is 19.9 Å². The van der Waals surface area contributed by atoms with E-state index in [2.05, 4.69) is 10.3 Å². The minimum atomic E-state index is -3.92. The van der Waals surface area contributed by atoms with Crippen molar-refractivity contribution >= 4 is 27.1 Å². The maximum Gasteiger partial charge on any atom is 0.240 e. The highest BCUT2D eigenvalue weighted by atomic mass is 32.2. The zero-order chi connectivity index (χ0) is 17.9. The third-order valence-corrected chi connectivity index (χ3v) is 6.06. The standard InChI is InChI=1S/C17H17FN2O3S2/c1-2-3-10-19-16-17(20-15(23-16)14-5-4-11-24-14)25(21,22)13-8-6-12(18)7-9-13/h4-9,11,19H,2-3,10H2,1H3. The highest BCUT2D eigenvalue weighted by molar-refractivity contribution is 7.91. The summed E-state index contributed by atoms with van der Waals surface area (Å²) in [7, 11) is -3.92. The van der Waals surface area contributed by atoms with Crippen LogP contribution < -0.4 is 5.32 Å². The molecule has 8 heteroatoms. The molecule has 3 aromatic rings. The van der Waals surface area contributed by atoms with Gasteiger partial charge in [-0.15, -0.1) is 11.3 Å². The van der Waals surface area contributed by atoms with Gasteiger partial charge in [0.05, 0.1) is 9.77 Å². The van der Waals surface area contributed by atoms with Crippen LogP contribution in [0.1, 0.15) is 19.8 Å². The van der Waals surface area contributed by atoms with Gasteiger partial charge in [0, 0.05) is 6.54 Å². The number of oxazole rings is 1. The van der Waals surface area contributed by atoms with Crippen LogP contribution in [0.2, 0.25) is 0 Å². The molecule has 1 N–H and O–H groups in total. The molecule has 0 aliphatic carbocycles. The van der Waals surface area contributed by atoms with E-state index in [1.165, 1.54) is 23.5 Å². The van der Waals surface area contributed by atoms with Crippen molar-refractivity contribution < 1.29 is 17.2 Å². The number of thiophene rings is 1. The number of hydrogen-bond donors (Lipinski definition) is 1. The summed E-state index contributed by atoms with van der Waals surface area (Å²) in [6.07, 6.45) is 1.82. The Labute approximate surface area is 149 Å². The van der Waals surface area contributed by atoms with E-state index < -0.39 is 15.7 Å². The lowest BCUT2D eigenvalue weighted by Crippen LogP contribution is -2.08. The van der Waals surface area contributed by atoms with E-state index in [0.29, 0.717) is 6.54 Å². The van der Waals surface area contributed by atoms with Gasteiger partial charge in [0.25, 0.3) is 0 Å². The lowest BCUT2D eigenvalue weighted by atomic mass is 10.3. The molecule has 0 bridgehead atoms. The predicted octanol–water partition coefficient (Wildman–Crippen LogP) is 4.59. The number of sulfone groups is 1. The molecule has 0 amide bonds. The third kappa shape index (κ3) is 3.74. The first kappa shape index (κ1) is 17.6. The van der Waals surface area contributed by atoms with E-state index in [1.807, 2.05) is 18.4 Å². The molecule has 0 saturated heterocycles. The predicted molar refractivity (Wildman–Crippen MR) is 95.1 cm³/mol. The van der Waals surface area contributed by atoms with Gasteiger partial charge in [0.1, 0.15) is 5.82 Å². The van der Waals surface area contributed by atoms with E-state index in [1.54, 1.807) is 6.07 Å². The van der Waals surface area contributed by atoms with E-state index in [4.69, 9.17) is 4.42 Å². The van der Waals surface area contributed by atoms with E-state index in [9.17, 15) is 12.8 Å². The van der Waals surface area contributed by atoms with Crippen LogP contribution in [0.3, 0.4) is 0 Å². The van der Waals surface area contributed by atoms with Gasteiger partial charge < -0.3 is 9.73 Å². The molecule has 0 radical (unpaired) electrons. The smallest absolute Gasteiger partial charge is 0.240 e. The number of halogens is 1. The van der Waals surface area contributed by atoms with Gasteiger partial charge in [-0.2, -0.15) is 4.98 Å². The average molecular weight is 380 g/mol. The van der Waals surface area contributed by atoms with Crippen molar-refractivity contribution in [3.63, 3.8) is 0 Å². The van der Waals surface area contributed by atoms with Crippen molar-refractivity contribution in [2.75, 3.05) is 11.9 Å². The first-order valence-electron chi connectivity index (χ1n) is 7.81. The molecular weight excluding hydrogens is 363 g/mol. The van der Waals surface area contributed by atoms with Crippen molar-refractivity contribution in [2.24, 2.45) is 0 Å². The van der Waals surface area contributed by atoms with Crippen LogP contribution in [0.15, 0.2) is 56.1 Å². The SMILES string of the molecule is CCCCNc1oc(-c2cccs2)nc1S(=O)(=O)c1ccc(F)cc1. The maximum absolute atomic E-state index is 13.1. The second-order valence-electron chi connectivity index (χ2n) is 5.37. The summed E-state index contributed by atoms with van der Waals surface area (Å²) >= 11 is 1.41. The van der Waals surface area contributed by atoms with Crippen LogP contribution in [0.5, 0.6) is 0 Å². The van der Waals surface area contributed by atoms with Gasteiger partial charge in [-0.1, -0.05) is 19.4 Å². The second kappa shape index (κ2) is 7.37. The number of nitrogens with zero attached hydrogens (tertiary/aromatic N) is 1. The molecule has 0 aliphatic rings. The largest absolute Gasteiger partial charge is 0.418 e. The summed E-state index contributed by atoms with van der Waals surface area (Å²) in [4.78, 5) is 4.91. The van der Waals surface area contributed by atoms with Gasteiger partial charge in [-0.3, -0.25) is 0 Å². The highest BCUT2D eigenvalue weighted by Crippen LogP contribution is 2.34. The fourth-order valence-electron chi connectivity index (χ4n) is 2.21. The minimum absolute atomic E-state index is 0.0292. The third-order valence-electron chi connectivity index (χ3n) is 3.52. The second-order valence-corrected chi connectivity index (χ2v) is 8.18. The Morgan fingerprint density at radius 1 is 1.24 bits per heavy atom. The number of aromatic nitrogens is 1. The molecule has 0 aliphatic heterocycles. The van der Waals surface area contributed by atoms with Crippen molar-refractivity contribution in [3.05, 3.63) is 47.6 Å². The number of hydrogen-bond acceptors (Lipinski definition) is 6. The Kier molecular flexibility index (Phi) is 5.19. The van der Waals surface area contributed by atoms with Crippen LogP contribution in [0, 0.1) is 5.82 Å². The van der Waals surface area contributed by atoms with Crippen LogP contribution in [-0.2, 0) is 9.84 Å². The van der Waals surface area contributed by atoms with Gasteiger partial charge >= 0.3 is 0 Å². The Morgan fingerprint density at radius 2 is 2.00 bits per heavy atom. The maximum atomic E-state index is 13.1. The first-order valence-corrected chi connectivity index (χ1v) is 10.2. The van der Waals surface area contributed by atoms with E-state index in [0.717, 1.165) is 29.9 Å². The molecule has 25 heavy (non-hydrogen) atoms. The molecule has 2 aromatic heterocycles. The van der Waals surface area contributed by atoms with Gasteiger partial charge in [-0.05, 0) is 42.1 Å². The summed E-state index contributed by atoms with van der Waals surface area (Å²) in [5.41, 5.74) is 0. The topological polar surface area (TPSA) is 72.2 Å². The lowest BCUT2D eigenvalue weighted by molar-refractivity contribution is 0.576. The normalized spacial score (nSPS) is 11.6. The summed E-state index contributed by atoms with van der Waals surface area (Å²) in [6, 6.07) is 8.30. The number of anilines is 1. The van der Waals surface area contributed by atoms with Gasteiger partial charge in [-0.25, -0.2) is 12.8 Å². The summed E-state index contributed by atoms with van der Waals surface area (Å²) in [6.45, 7) is 2.61. The molecule has 1 aromatic carbocycles. The summed E-state index contributed by atoms with van der Waals surface area (Å²) in [5, 5.41) is 4.68. The van der Waals surface area contributed by atoms with Crippen molar-refractivity contribution in [3.8, 4) is 10.8 Å². The molecule has 3 rings (SSSR count).